The third kappa shape index (κ3) is 5.89. The monoisotopic (exact) mass is 397 g/mol. The molecule has 0 bridgehead atoms. The van der Waals surface area contributed by atoms with Crippen molar-refractivity contribution in [2.24, 2.45) is 0 Å². The smallest absolute Gasteiger partial charge is 0.261 e. The molecule has 0 aliphatic heterocycles. The molecule has 2 aromatic carbocycles. The average Bonchev–Trinajstić information content (AvgIpc) is 2.76. The summed E-state index contributed by atoms with van der Waals surface area (Å²) in [5, 5.41) is 2.99. The summed E-state index contributed by atoms with van der Waals surface area (Å²) < 4.78 is 16.9. The lowest BCUT2D eigenvalue weighted by atomic mass is 9.92. The van der Waals surface area contributed by atoms with E-state index in [4.69, 9.17) is 14.2 Å². The molecule has 2 aromatic rings. The lowest BCUT2D eigenvalue weighted by Gasteiger charge is -2.22. The van der Waals surface area contributed by atoms with Gasteiger partial charge in [0.15, 0.2) is 6.10 Å². The van der Waals surface area contributed by atoms with Crippen molar-refractivity contribution in [2.75, 3.05) is 13.7 Å². The summed E-state index contributed by atoms with van der Waals surface area (Å²) in [4.78, 5) is 12.7. The quantitative estimate of drug-likeness (QED) is 0.685. The average molecular weight is 398 g/mol. The van der Waals surface area contributed by atoms with E-state index in [9.17, 15) is 4.79 Å². The molecule has 0 radical (unpaired) electrons. The van der Waals surface area contributed by atoms with Gasteiger partial charge in [0.25, 0.3) is 5.91 Å². The Balaban J connectivity index is 1.50. The van der Waals surface area contributed by atoms with Crippen molar-refractivity contribution in [1.82, 2.24) is 5.32 Å². The highest BCUT2D eigenvalue weighted by Gasteiger charge is 2.21. The number of ether oxygens (including phenoxy) is 3. The molecular weight excluding hydrogens is 366 g/mol. The second-order valence-corrected chi connectivity index (χ2v) is 7.55. The number of amides is 1. The topological polar surface area (TPSA) is 56.8 Å². The van der Waals surface area contributed by atoms with Gasteiger partial charge in [0.2, 0.25) is 0 Å². The maximum atomic E-state index is 12.7. The molecular formula is C24H31NO4. The number of hydrogen-bond donors (Lipinski definition) is 1. The standard InChI is InChI=1S/C24H31NO4/c1-4-23(29-22-10-9-18-7-5-6-8-19(18)15-22)24(26)25-17(2)16-28-21-13-11-20(27-3)12-14-21/h9-15,17,23H,4-8,16H2,1-3H3,(H,25,26)/t17-,23+/m1/s1. The highest BCUT2D eigenvalue weighted by atomic mass is 16.5. The minimum Gasteiger partial charge on any atom is -0.497 e. The molecule has 1 N–H and O–H groups in total. The molecule has 0 aromatic heterocycles. The van der Waals surface area contributed by atoms with Crippen LogP contribution in [0.3, 0.4) is 0 Å². The van der Waals surface area contributed by atoms with E-state index in [0.29, 0.717) is 13.0 Å². The van der Waals surface area contributed by atoms with Crippen LogP contribution < -0.4 is 19.5 Å². The van der Waals surface area contributed by atoms with Crippen molar-refractivity contribution in [3.05, 3.63) is 53.6 Å². The zero-order chi connectivity index (χ0) is 20.6. The van der Waals surface area contributed by atoms with Crippen molar-refractivity contribution in [3.8, 4) is 17.2 Å². The van der Waals surface area contributed by atoms with E-state index in [1.807, 2.05) is 44.2 Å². The molecule has 156 valence electrons. The first kappa shape index (κ1) is 21.0. The number of benzene rings is 2. The third-order valence-electron chi connectivity index (χ3n) is 5.21. The Bertz CT molecular complexity index is 803. The molecule has 3 rings (SSSR count). The molecule has 5 nitrogen and oxygen atoms in total. The molecule has 0 saturated heterocycles. The Morgan fingerprint density at radius 2 is 1.66 bits per heavy atom. The zero-order valence-corrected chi connectivity index (χ0v) is 17.6. The summed E-state index contributed by atoms with van der Waals surface area (Å²) in [6.45, 7) is 4.27. The summed E-state index contributed by atoms with van der Waals surface area (Å²) >= 11 is 0. The first-order valence-corrected chi connectivity index (χ1v) is 10.4. The summed E-state index contributed by atoms with van der Waals surface area (Å²) in [7, 11) is 1.63. The van der Waals surface area contributed by atoms with Gasteiger partial charge in [-0.15, -0.1) is 0 Å². The molecule has 1 aliphatic rings. The number of carbonyl (C=O) groups excluding carboxylic acids is 1. The van der Waals surface area contributed by atoms with Crippen molar-refractivity contribution in [2.45, 2.75) is 58.1 Å². The molecule has 0 unspecified atom stereocenters. The van der Waals surface area contributed by atoms with E-state index in [1.165, 1.54) is 24.0 Å². The fraction of sp³-hybridized carbons (Fsp3) is 0.458. The lowest BCUT2D eigenvalue weighted by molar-refractivity contribution is -0.128. The van der Waals surface area contributed by atoms with Crippen LogP contribution in [-0.2, 0) is 17.6 Å². The van der Waals surface area contributed by atoms with Gasteiger partial charge < -0.3 is 19.5 Å². The van der Waals surface area contributed by atoms with Gasteiger partial charge in [-0.05, 0) is 86.6 Å². The van der Waals surface area contributed by atoms with E-state index in [0.717, 1.165) is 30.1 Å². The number of carbonyl (C=O) groups is 1. The van der Waals surface area contributed by atoms with Crippen LogP contribution in [0.4, 0.5) is 0 Å². The molecule has 29 heavy (non-hydrogen) atoms. The Morgan fingerprint density at radius 1 is 1.00 bits per heavy atom. The second kappa shape index (κ2) is 10.2. The van der Waals surface area contributed by atoms with Crippen LogP contribution in [0.5, 0.6) is 17.2 Å². The maximum absolute atomic E-state index is 12.7. The van der Waals surface area contributed by atoms with Gasteiger partial charge in [-0.2, -0.15) is 0 Å². The van der Waals surface area contributed by atoms with E-state index < -0.39 is 6.10 Å². The van der Waals surface area contributed by atoms with Crippen LogP contribution in [0.2, 0.25) is 0 Å². The van der Waals surface area contributed by atoms with Crippen LogP contribution in [0.25, 0.3) is 0 Å². The van der Waals surface area contributed by atoms with Crippen LogP contribution in [-0.4, -0.2) is 31.8 Å². The SMILES string of the molecule is CC[C@H](Oc1ccc2c(c1)CCCC2)C(=O)N[C@H](C)COc1ccc(OC)cc1. The van der Waals surface area contributed by atoms with Crippen LogP contribution in [0.1, 0.15) is 44.2 Å². The Kier molecular flexibility index (Phi) is 7.39. The molecule has 0 saturated carbocycles. The number of methoxy groups -OCH3 is 1. The predicted molar refractivity (Wildman–Crippen MR) is 114 cm³/mol. The number of aryl methyl sites for hydroxylation is 2. The lowest BCUT2D eigenvalue weighted by Crippen LogP contribution is -2.44. The van der Waals surface area contributed by atoms with E-state index >= 15 is 0 Å². The zero-order valence-electron chi connectivity index (χ0n) is 17.6. The number of fused-ring (bicyclic) bond motifs is 1. The molecule has 1 amide bonds. The molecule has 0 heterocycles. The Labute approximate surface area is 173 Å². The van der Waals surface area contributed by atoms with Gasteiger partial charge in [0, 0.05) is 0 Å². The van der Waals surface area contributed by atoms with Gasteiger partial charge >= 0.3 is 0 Å². The second-order valence-electron chi connectivity index (χ2n) is 7.55. The molecule has 0 spiro atoms. The molecule has 1 aliphatic carbocycles. The van der Waals surface area contributed by atoms with Crippen LogP contribution >= 0.6 is 0 Å². The first-order chi connectivity index (χ1) is 14.1. The van der Waals surface area contributed by atoms with Crippen molar-refractivity contribution in [3.63, 3.8) is 0 Å². The highest BCUT2D eigenvalue weighted by Crippen LogP contribution is 2.26. The van der Waals surface area contributed by atoms with Gasteiger partial charge in [-0.3, -0.25) is 4.79 Å². The molecule has 0 fully saturated rings. The van der Waals surface area contributed by atoms with E-state index in [2.05, 4.69) is 17.4 Å². The minimum absolute atomic E-state index is 0.115. The summed E-state index contributed by atoms with van der Waals surface area (Å²) in [6, 6.07) is 13.5. The number of hydrogen-bond acceptors (Lipinski definition) is 4. The molecule has 2 atom stereocenters. The maximum Gasteiger partial charge on any atom is 0.261 e. The van der Waals surface area contributed by atoms with Gasteiger partial charge in [-0.25, -0.2) is 0 Å². The van der Waals surface area contributed by atoms with E-state index in [1.54, 1.807) is 7.11 Å². The fourth-order valence-corrected chi connectivity index (χ4v) is 3.54. The Hall–Kier alpha value is -2.69. The van der Waals surface area contributed by atoms with Gasteiger partial charge in [-0.1, -0.05) is 13.0 Å². The van der Waals surface area contributed by atoms with Crippen LogP contribution in [0, 0.1) is 0 Å². The van der Waals surface area contributed by atoms with Crippen LogP contribution in [0.15, 0.2) is 42.5 Å². The summed E-state index contributed by atoms with van der Waals surface area (Å²) in [5.41, 5.74) is 2.76. The summed E-state index contributed by atoms with van der Waals surface area (Å²) in [5.74, 6) is 2.18. The van der Waals surface area contributed by atoms with Crippen molar-refractivity contribution in [1.29, 1.82) is 0 Å². The third-order valence-corrected chi connectivity index (χ3v) is 5.21. The largest absolute Gasteiger partial charge is 0.497 e. The number of rotatable bonds is 9. The van der Waals surface area contributed by atoms with Gasteiger partial charge in [0.05, 0.1) is 13.2 Å². The number of nitrogens with one attached hydrogen (secondary N) is 1. The minimum atomic E-state index is -0.514. The first-order valence-electron chi connectivity index (χ1n) is 10.4. The normalized spacial score (nSPS) is 15.0. The van der Waals surface area contributed by atoms with Gasteiger partial charge in [0.1, 0.15) is 23.9 Å². The predicted octanol–water partition coefficient (Wildman–Crippen LogP) is 4.32. The van der Waals surface area contributed by atoms with Crippen molar-refractivity contribution >= 4 is 5.91 Å². The molecule has 5 heteroatoms. The van der Waals surface area contributed by atoms with Crippen molar-refractivity contribution < 1.29 is 19.0 Å². The fourth-order valence-electron chi connectivity index (χ4n) is 3.54. The summed E-state index contributed by atoms with van der Waals surface area (Å²) in [6.07, 6.45) is 4.80. The Morgan fingerprint density at radius 3 is 2.34 bits per heavy atom. The van der Waals surface area contributed by atoms with E-state index in [-0.39, 0.29) is 11.9 Å². The highest BCUT2D eigenvalue weighted by molar-refractivity contribution is 5.81.